The Kier molecular flexibility index (Phi) is 4.41. The second-order valence-corrected chi connectivity index (χ2v) is 3.06. The van der Waals surface area contributed by atoms with Crippen molar-refractivity contribution in [3.8, 4) is 5.75 Å². The van der Waals surface area contributed by atoms with E-state index in [1.807, 2.05) is 25.1 Å². The van der Waals surface area contributed by atoms with Crippen molar-refractivity contribution < 1.29 is 14.6 Å². The van der Waals surface area contributed by atoms with E-state index in [1.165, 1.54) is 0 Å². The van der Waals surface area contributed by atoms with Crippen LogP contribution in [0.25, 0.3) is 0 Å². The summed E-state index contributed by atoms with van der Waals surface area (Å²) in [4.78, 5) is 10.6. The van der Waals surface area contributed by atoms with Crippen LogP contribution >= 0.6 is 0 Å². The van der Waals surface area contributed by atoms with Gasteiger partial charge in [-0.3, -0.25) is 4.79 Å². The Balaban J connectivity index is 2.72. The molecule has 0 heterocycles. The van der Waals surface area contributed by atoms with E-state index < -0.39 is 5.97 Å². The summed E-state index contributed by atoms with van der Waals surface area (Å²) in [5, 5.41) is 8.69. The van der Waals surface area contributed by atoms with E-state index in [-0.39, 0.29) is 6.42 Å². The first kappa shape index (κ1) is 11.3. The largest absolute Gasteiger partial charge is 0.489 e. The Hall–Kier alpha value is -1.77. The van der Waals surface area contributed by atoms with Crippen LogP contribution in [0, 0.1) is 0 Å². The molecule has 0 aliphatic carbocycles. The molecular weight excluding hydrogens is 192 g/mol. The van der Waals surface area contributed by atoms with Gasteiger partial charge < -0.3 is 9.84 Å². The minimum Gasteiger partial charge on any atom is -0.489 e. The summed E-state index contributed by atoms with van der Waals surface area (Å²) in [6, 6.07) is 7.18. The number of carbonyl (C=O) groups is 1. The van der Waals surface area contributed by atoms with Crippen molar-refractivity contribution in [1.82, 2.24) is 0 Å². The van der Waals surface area contributed by atoms with Crippen molar-refractivity contribution in [3.63, 3.8) is 0 Å². The van der Waals surface area contributed by atoms with E-state index in [0.717, 1.165) is 0 Å². The van der Waals surface area contributed by atoms with Crippen molar-refractivity contribution in [3.05, 3.63) is 42.0 Å². The number of carboxylic acids is 1. The maximum Gasteiger partial charge on any atom is 0.307 e. The van der Waals surface area contributed by atoms with Crippen LogP contribution in [0.15, 0.2) is 36.4 Å². The lowest BCUT2D eigenvalue weighted by Crippen LogP contribution is -2.03. The molecule has 0 unspecified atom stereocenters. The summed E-state index contributed by atoms with van der Waals surface area (Å²) >= 11 is 0. The van der Waals surface area contributed by atoms with Gasteiger partial charge in [0, 0.05) is 5.56 Å². The van der Waals surface area contributed by atoms with Gasteiger partial charge in [-0.2, -0.15) is 0 Å². The molecule has 1 N–H and O–H groups in total. The van der Waals surface area contributed by atoms with Gasteiger partial charge in [-0.05, 0) is 13.0 Å². The molecule has 15 heavy (non-hydrogen) atoms. The van der Waals surface area contributed by atoms with E-state index in [4.69, 9.17) is 9.84 Å². The fourth-order valence-corrected chi connectivity index (χ4v) is 1.19. The van der Waals surface area contributed by atoms with Crippen LogP contribution in [0.4, 0.5) is 0 Å². The molecule has 0 saturated heterocycles. The molecule has 80 valence electrons. The van der Waals surface area contributed by atoms with E-state index in [0.29, 0.717) is 17.9 Å². The maximum atomic E-state index is 10.6. The highest BCUT2D eigenvalue weighted by Gasteiger charge is 2.06. The van der Waals surface area contributed by atoms with E-state index >= 15 is 0 Å². The highest BCUT2D eigenvalue weighted by atomic mass is 16.5. The fourth-order valence-electron chi connectivity index (χ4n) is 1.19. The second-order valence-electron chi connectivity index (χ2n) is 3.06. The minimum atomic E-state index is -0.850. The minimum absolute atomic E-state index is 0.00792. The topological polar surface area (TPSA) is 46.5 Å². The highest BCUT2D eigenvalue weighted by molar-refractivity contribution is 5.71. The molecule has 0 spiro atoms. The molecule has 0 saturated carbocycles. The first-order chi connectivity index (χ1) is 7.24. The third-order valence-corrected chi connectivity index (χ3v) is 1.89. The van der Waals surface area contributed by atoms with Gasteiger partial charge in [0.2, 0.25) is 0 Å². The average Bonchev–Trinajstić information content (AvgIpc) is 2.20. The van der Waals surface area contributed by atoms with Gasteiger partial charge in [-0.15, -0.1) is 0 Å². The van der Waals surface area contributed by atoms with Crippen LogP contribution in [-0.4, -0.2) is 17.7 Å². The number of para-hydroxylation sites is 1. The molecule has 0 aliphatic rings. The molecule has 1 aromatic rings. The molecule has 1 aromatic carbocycles. The number of hydrogen-bond acceptors (Lipinski definition) is 2. The summed E-state index contributed by atoms with van der Waals surface area (Å²) in [6.45, 7) is 2.37. The quantitative estimate of drug-likeness (QED) is 0.752. The third-order valence-electron chi connectivity index (χ3n) is 1.89. The van der Waals surface area contributed by atoms with Crippen LogP contribution in [-0.2, 0) is 11.2 Å². The van der Waals surface area contributed by atoms with Gasteiger partial charge in [0.15, 0.2) is 0 Å². The highest BCUT2D eigenvalue weighted by Crippen LogP contribution is 2.18. The lowest BCUT2D eigenvalue weighted by atomic mass is 10.1. The van der Waals surface area contributed by atoms with E-state index in [1.54, 1.807) is 18.2 Å². The number of rotatable bonds is 5. The van der Waals surface area contributed by atoms with Gasteiger partial charge >= 0.3 is 5.97 Å². The normalized spacial score (nSPS) is 10.5. The van der Waals surface area contributed by atoms with Gasteiger partial charge in [-0.25, -0.2) is 0 Å². The zero-order valence-electron chi connectivity index (χ0n) is 8.64. The predicted octanol–water partition coefficient (Wildman–Crippen LogP) is 2.27. The molecule has 0 fully saturated rings. The lowest BCUT2D eigenvalue weighted by Gasteiger charge is -2.07. The van der Waals surface area contributed by atoms with Crippen molar-refractivity contribution in [2.75, 3.05) is 6.61 Å². The number of ether oxygens (including phenoxy) is 1. The number of benzene rings is 1. The molecule has 0 radical (unpaired) electrons. The number of carboxylic acid groups (broad SMARTS) is 1. The van der Waals surface area contributed by atoms with Gasteiger partial charge in [0.1, 0.15) is 12.4 Å². The van der Waals surface area contributed by atoms with Crippen LogP contribution in [0.2, 0.25) is 0 Å². The third kappa shape index (κ3) is 3.85. The first-order valence-electron chi connectivity index (χ1n) is 4.77. The fraction of sp³-hybridized carbons (Fsp3) is 0.250. The number of hydrogen-bond donors (Lipinski definition) is 1. The lowest BCUT2D eigenvalue weighted by molar-refractivity contribution is -0.136. The van der Waals surface area contributed by atoms with E-state index in [2.05, 4.69) is 0 Å². The summed E-state index contributed by atoms with van der Waals surface area (Å²) in [5.41, 5.74) is 0.703. The standard InChI is InChI=1S/C12H14O3/c1-2-3-8-15-11-7-5-4-6-10(11)9-12(13)14/h2-7H,8-9H2,1H3,(H,13,14)/b3-2+. The average molecular weight is 206 g/mol. The molecule has 0 aromatic heterocycles. The van der Waals surface area contributed by atoms with E-state index in [9.17, 15) is 4.79 Å². The Bertz CT molecular complexity index is 356. The van der Waals surface area contributed by atoms with Crippen LogP contribution in [0.1, 0.15) is 12.5 Å². The monoisotopic (exact) mass is 206 g/mol. The molecule has 1 rings (SSSR count). The zero-order chi connectivity index (χ0) is 11.1. The van der Waals surface area contributed by atoms with Gasteiger partial charge in [0.25, 0.3) is 0 Å². The summed E-state index contributed by atoms with van der Waals surface area (Å²) in [7, 11) is 0. The Morgan fingerprint density at radius 1 is 1.47 bits per heavy atom. The molecule has 0 bridgehead atoms. The number of allylic oxidation sites excluding steroid dienone is 1. The summed E-state index contributed by atoms with van der Waals surface area (Å²) < 4.78 is 5.43. The van der Waals surface area contributed by atoms with Crippen molar-refractivity contribution in [2.24, 2.45) is 0 Å². The van der Waals surface area contributed by atoms with Crippen LogP contribution in [0.5, 0.6) is 5.75 Å². The number of aliphatic carboxylic acids is 1. The molecule has 0 amide bonds. The molecular formula is C12H14O3. The maximum absolute atomic E-state index is 10.6. The molecule has 3 heteroatoms. The second kappa shape index (κ2) is 5.86. The van der Waals surface area contributed by atoms with Crippen molar-refractivity contribution in [2.45, 2.75) is 13.3 Å². The summed E-state index contributed by atoms with van der Waals surface area (Å²) in [6.07, 6.45) is 3.75. The smallest absolute Gasteiger partial charge is 0.307 e. The first-order valence-corrected chi connectivity index (χ1v) is 4.77. The Morgan fingerprint density at radius 3 is 2.87 bits per heavy atom. The molecule has 3 nitrogen and oxygen atoms in total. The van der Waals surface area contributed by atoms with Gasteiger partial charge in [0.05, 0.1) is 6.42 Å². The Labute approximate surface area is 89.0 Å². The van der Waals surface area contributed by atoms with Crippen molar-refractivity contribution in [1.29, 1.82) is 0 Å². The van der Waals surface area contributed by atoms with Crippen LogP contribution < -0.4 is 4.74 Å². The zero-order valence-corrected chi connectivity index (χ0v) is 8.64. The van der Waals surface area contributed by atoms with Gasteiger partial charge in [-0.1, -0.05) is 30.4 Å². The molecule has 0 aliphatic heterocycles. The predicted molar refractivity (Wildman–Crippen MR) is 58.1 cm³/mol. The van der Waals surface area contributed by atoms with Crippen LogP contribution in [0.3, 0.4) is 0 Å². The molecule has 0 atom stereocenters. The Morgan fingerprint density at radius 2 is 2.20 bits per heavy atom. The van der Waals surface area contributed by atoms with Crippen molar-refractivity contribution >= 4 is 5.97 Å². The SMILES string of the molecule is C/C=C/COc1ccccc1CC(=O)O. The summed E-state index contributed by atoms with van der Waals surface area (Å²) in [5.74, 6) is -0.213.